The van der Waals surface area contributed by atoms with Crippen LogP contribution in [0.3, 0.4) is 0 Å². The number of carbonyl (C=O) groups is 1. The second-order valence-electron chi connectivity index (χ2n) is 6.87. The van der Waals surface area contributed by atoms with Crippen LogP contribution in [0.25, 0.3) is 0 Å². The Bertz CT molecular complexity index is 322. The smallest absolute Gasteiger partial charge is 0.408 e. The van der Waals surface area contributed by atoms with E-state index in [2.05, 4.69) is 10.6 Å². The van der Waals surface area contributed by atoms with Crippen molar-refractivity contribution in [2.45, 2.75) is 76.6 Å². The molecular formula is C15H28N2O3. The number of alkyl carbamates (subject to hydrolysis) is 1. The molecule has 1 aliphatic carbocycles. The van der Waals surface area contributed by atoms with E-state index in [-0.39, 0.29) is 12.1 Å². The van der Waals surface area contributed by atoms with Gasteiger partial charge in [-0.1, -0.05) is 12.8 Å². The number of nitrogens with one attached hydrogen (secondary N) is 2. The summed E-state index contributed by atoms with van der Waals surface area (Å²) in [5, 5.41) is 6.64. The molecule has 0 aromatic heterocycles. The molecule has 1 amide bonds. The molecule has 116 valence electrons. The molecule has 0 spiro atoms. The van der Waals surface area contributed by atoms with E-state index >= 15 is 0 Å². The Labute approximate surface area is 121 Å². The second kappa shape index (κ2) is 6.76. The van der Waals surface area contributed by atoms with Gasteiger partial charge in [-0.3, -0.25) is 0 Å². The Balaban J connectivity index is 1.84. The molecule has 5 heteroatoms. The van der Waals surface area contributed by atoms with E-state index in [4.69, 9.17) is 9.47 Å². The molecule has 0 aromatic rings. The van der Waals surface area contributed by atoms with E-state index in [9.17, 15) is 4.79 Å². The Morgan fingerprint density at radius 2 is 1.85 bits per heavy atom. The van der Waals surface area contributed by atoms with E-state index in [0.717, 1.165) is 13.0 Å². The van der Waals surface area contributed by atoms with E-state index < -0.39 is 5.60 Å². The lowest BCUT2D eigenvalue weighted by Crippen LogP contribution is -2.57. The molecule has 2 aliphatic rings. The van der Waals surface area contributed by atoms with Crippen LogP contribution in [-0.4, -0.2) is 43.0 Å². The third kappa shape index (κ3) is 4.94. The van der Waals surface area contributed by atoms with Crippen molar-refractivity contribution in [2.75, 3.05) is 13.2 Å². The minimum Gasteiger partial charge on any atom is -0.444 e. The highest BCUT2D eigenvalue weighted by Gasteiger charge is 2.31. The number of carbonyl (C=O) groups excluding carboxylic acids is 1. The number of hydrogen-bond acceptors (Lipinski definition) is 4. The second-order valence-corrected chi connectivity index (χ2v) is 6.87. The first-order valence-corrected chi connectivity index (χ1v) is 7.77. The van der Waals surface area contributed by atoms with Crippen molar-refractivity contribution in [2.24, 2.45) is 0 Å². The van der Waals surface area contributed by atoms with Crippen LogP contribution in [0.15, 0.2) is 0 Å². The van der Waals surface area contributed by atoms with E-state index in [1.54, 1.807) is 0 Å². The summed E-state index contributed by atoms with van der Waals surface area (Å²) in [6, 6.07) is 0.889. The average molecular weight is 284 g/mol. The summed E-state index contributed by atoms with van der Waals surface area (Å²) in [6.07, 6.45) is 5.70. The lowest BCUT2D eigenvalue weighted by Gasteiger charge is -2.35. The minimum atomic E-state index is -0.464. The van der Waals surface area contributed by atoms with Crippen LogP contribution in [0.1, 0.15) is 52.9 Å². The van der Waals surface area contributed by atoms with Gasteiger partial charge < -0.3 is 20.1 Å². The Hall–Kier alpha value is -0.810. The fraction of sp³-hybridized carbons (Fsp3) is 0.933. The van der Waals surface area contributed by atoms with Crippen LogP contribution >= 0.6 is 0 Å². The van der Waals surface area contributed by atoms with Gasteiger partial charge in [0.05, 0.1) is 12.6 Å². The Morgan fingerprint density at radius 3 is 2.50 bits per heavy atom. The third-order valence-electron chi connectivity index (χ3n) is 3.86. The fourth-order valence-corrected chi connectivity index (χ4v) is 2.93. The van der Waals surface area contributed by atoms with Gasteiger partial charge in [0.15, 0.2) is 0 Å². The number of hydrogen-bond donors (Lipinski definition) is 2. The molecule has 1 saturated heterocycles. The first-order valence-electron chi connectivity index (χ1n) is 7.77. The fourth-order valence-electron chi connectivity index (χ4n) is 2.93. The number of amides is 1. The Morgan fingerprint density at radius 1 is 1.15 bits per heavy atom. The molecule has 2 atom stereocenters. The summed E-state index contributed by atoms with van der Waals surface area (Å²) in [4.78, 5) is 11.9. The Kier molecular flexibility index (Phi) is 5.27. The molecule has 2 unspecified atom stereocenters. The highest BCUT2D eigenvalue weighted by atomic mass is 16.6. The molecule has 1 saturated carbocycles. The van der Waals surface area contributed by atoms with Gasteiger partial charge in [-0.15, -0.1) is 0 Å². The van der Waals surface area contributed by atoms with Crippen LogP contribution < -0.4 is 10.6 Å². The van der Waals surface area contributed by atoms with Gasteiger partial charge in [-0.2, -0.15) is 0 Å². The molecule has 2 fully saturated rings. The highest BCUT2D eigenvalue weighted by Crippen LogP contribution is 2.20. The topological polar surface area (TPSA) is 59.6 Å². The molecule has 5 nitrogen and oxygen atoms in total. The average Bonchev–Trinajstić information content (AvgIpc) is 2.82. The first-order chi connectivity index (χ1) is 9.44. The molecule has 2 rings (SSSR count). The largest absolute Gasteiger partial charge is 0.444 e. The summed E-state index contributed by atoms with van der Waals surface area (Å²) in [5.41, 5.74) is -0.464. The summed E-state index contributed by atoms with van der Waals surface area (Å²) in [6.45, 7) is 6.94. The van der Waals surface area contributed by atoms with Gasteiger partial charge >= 0.3 is 6.09 Å². The summed E-state index contributed by atoms with van der Waals surface area (Å²) < 4.78 is 10.8. The lowest BCUT2D eigenvalue weighted by atomic mass is 10.0. The van der Waals surface area contributed by atoms with Crippen molar-refractivity contribution in [1.82, 2.24) is 10.6 Å². The van der Waals surface area contributed by atoms with Gasteiger partial charge in [-0.25, -0.2) is 4.79 Å². The standard InChI is InChI=1S/C15H28N2O3/c1-15(2,3)20-14(18)17-13-10-19-9-8-12(13)16-11-6-4-5-7-11/h11-13,16H,4-10H2,1-3H3,(H,17,18). The van der Waals surface area contributed by atoms with E-state index in [1.165, 1.54) is 25.7 Å². The maximum Gasteiger partial charge on any atom is 0.408 e. The lowest BCUT2D eigenvalue weighted by molar-refractivity contribution is 0.0239. The molecule has 2 N–H and O–H groups in total. The summed E-state index contributed by atoms with van der Waals surface area (Å²) in [7, 11) is 0. The summed E-state index contributed by atoms with van der Waals surface area (Å²) >= 11 is 0. The van der Waals surface area contributed by atoms with Gasteiger partial charge in [0.25, 0.3) is 0 Å². The molecule has 0 aromatic carbocycles. The predicted molar refractivity (Wildman–Crippen MR) is 77.8 cm³/mol. The van der Waals surface area contributed by atoms with Gasteiger partial charge in [0.1, 0.15) is 5.60 Å². The molecule has 0 bridgehead atoms. The zero-order chi connectivity index (χ0) is 14.6. The van der Waals surface area contributed by atoms with Crippen molar-refractivity contribution in [1.29, 1.82) is 0 Å². The molecule has 20 heavy (non-hydrogen) atoms. The minimum absolute atomic E-state index is 0.000741. The number of ether oxygens (including phenoxy) is 2. The van der Waals surface area contributed by atoms with Crippen molar-refractivity contribution >= 4 is 6.09 Å². The molecule has 0 radical (unpaired) electrons. The van der Waals surface area contributed by atoms with Gasteiger partial charge in [-0.05, 0) is 40.0 Å². The van der Waals surface area contributed by atoms with Gasteiger partial charge in [0, 0.05) is 18.7 Å². The quantitative estimate of drug-likeness (QED) is 0.834. The summed E-state index contributed by atoms with van der Waals surface area (Å²) in [5.74, 6) is 0. The van der Waals surface area contributed by atoms with E-state index in [1.807, 2.05) is 20.8 Å². The maximum absolute atomic E-state index is 11.9. The molecular weight excluding hydrogens is 256 g/mol. The van der Waals surface area contributed by atoms with Crippen LogP contribution in [0.5, 0.6) is 0 Å². The van der Waals surface area contributed by atoms with E-state index in [0.29, 0.717) is 18.7 Å². The normalized spacial score (nSPS) is 28.4. The first kappa shape index (κ1) is 15.6. The van der Waals surface area contributed by atoms with Crippen LogP contribution in [0.2, 0.25) is 0 Å². The van der Waals surface area contributed by atoms with Gasteiger partial charge in [0.2, 0.25) is 0 Å². The van der Waals surface area contributed by atoms with Crippen molar-refractivity contribution in [3.8, 4) is 0 Å². The SMILES string of the molecule is CC(C)(C)OC(=O)NC1COCCC1NC1CCCC1. The van der Waals surface area contributed by atoms with Crippen LogP contribution in [0.4, 0.5) is 4.79 Å². The van der Waals surface area contributed by atoms with Crippen molar-refractivity contribution < 1.29 is 14.3 Å². The molecule has 1 heterocycles. The zero-order valence-corrected chi connectivity index (χ0v) is 12.9. The highest BCUT2D eigenvalue weighted by molar-refractivity contribution is 5.68. The monoisotopic (exact) mass is 284 g/mol. The maximum atomic E-state index is 11.9. The van der Waals surface area contributed by atoms with Crippen LogP contribution in [-0.2, 0) is 9.47 Å². The zero-order valence-electron chi connectivity index (χ0n) is 12.9. The van der Waals surface area contributed by atoms with Crippen LogP contribution in [0, 0.1) is 0 Å². The third-order valence-corrected chi connectivity index (χ3v) is 3.86. The number of rotatable bonds is 3. The van der Waals surface area contributed by atoms with Crippen molar-refractivity contribution in [3.63, 3.8) is 0 Å². The van der Waals surface area contributed by atoms with Crippen molar-refractivity contribution in [3.05, 3.63) is 0 Å². The molecule has 1 aliphatic heterocycles. The predicted octanol–water partition coefficient (Wildman–Crippen LogP) is 2.20.